The normalized spacial score (nSPS) is 33.0. The van der Waals surface area contributed by atoms with Crippen LogP contribution in [-0.2, 0) is 0 Å². The van der Waals surface area contributed by atoms with Gasteiger partial charge in [0, 0.05) is 17.1 Å². The third-order valence-corrected chi connectivity index (χ3v) is 3.40. The summed E-state index contributed by atoms with van der Waals surface area (Å²) in [5, 5.41) is 0. The summed E-state index contributed by atoms with van der Waals surface area (Å²) in [4.78, 5) is 2.38. The quantitative estimate of drug-likeness (QED) is 0.632. The molecule has 0 amide bonds. The van der Waals surface area contributed by atoms with Crippen LogP contribution >= 0.6 is 12.4 Å². The Labute approximate surface area is 81.9 Å². The zero-order valence-corrected chi connectivity index (χ0v) is 9.53. The monoisotopic (exact) mass is 192 g/mol. The first-order valence-corrected chi connectivity index (χ1v) is 4.28. The molecule has 74 valence electrons. The molecule has 0 saturated carbocycles. The first-order valence-electron chi connectivity index (χ1n) is 4.28. The molecule has 1 aliphatic heterocycles. The van der Waals surface area contributed by atoms with Crippen molar-refractivity contribution in [2.24, 2.45) is 5.73 Å². The van der Waals surface area contributed by atoms with Crippen LogP contribution in [0, 0.1) is 0 Å². The molecule has 0 aromatic carbocycles. The highest BCUT2D eigenvalue weighted by Crippen LogP contribution is 2.37. The molecule has 0 aliphatic carbocycles. The Morgan fingerprint density at radius 1 is 1.25 bits per heavy atom. The molecule has 0 radical (unpaired) electrons. The Morgan fingerprint density at radius 2 is 1.67 bits per heavy atom. The van der Waals surface area contributed by atoms with E-state index in [1.165, 1.54) is 0 Å². The number of hydrogen-bond donors (Lipinski definition) is 1. The molecular weight excluding hydrogens is 172 g/mol. The average Bonchev–Trinajstić information content (AvgIpc) is 1.94. The van der Waals surface area contributed by atoms with Crippen molar-refractivity contribution in [2.45, 2.75) is 51.2 Å². The number of likely N-dealkylation sites (N-methyl/N-ethyl adjacent to an activating group) is 1. The molecule has 2 nitrogen and oxygen atoms in total. The van der Waals surface area contributed by atoms with Crippen LogP contribution in [0.3, 0.4) is 0 Å². The second-order valence-electron chi connectivity index (χ2n) is 4.84. The summed E-state index contributed by atoms with van der Waals surface area (Å²) in [6.07, 6.45) is 1.09. The Bertz CT molecular complexity index is 166. The molecule has 0 aromatic rings. The van der Waals surface area contributed by atoms with E-state index in [0.717, 1.165) is 6.42 Å². The third kappa shape index (κ3) is 1.61. The van der Waals surface area contributed by atoms with Crippen molar-refractivity contribution in [2.75, 3.05) is 7.05 Å². The van der Waals surface area contributed by atoms with Gasteiger partial charge in [-0.1, -0.05) is 0 Å². The van der Waals surface area contributed by atoms with E-state index in [1.807, 2.05) is 0 Å². The Kier molecular flexibility index (Phi) is 3.22. The number of nitrogens with zero attached hydrogens (tertiary/aromatic N) is 1. The smallest absolute Gasteiger partial charge is 0.0307 e. The molecular formula is C9H21ClN2. The minimum atomic E-state index is 0. The maximum Gasteiger partial charge on any atom is 0.0307 e. The van der Waals surface area contributed by atoms with Crippen molar-refractivity contribution in [3.05, 3.63) is 0 Å². The second kappa shape index (κ2) is 3.17. The van der Waals surface area contributed by atoms with Crippen molar-refractivity contribution in [1.29, 1.82) is 0 Å². The van der Waals surface area contributed by atoms with Gasteiger partial charge in [-0.2, -0.15) is 0 Å². The minimum Gasteiger partial charge on any atom is -0.326 e. The van der Waals surface area contributed by atoms with E-state index in [-0.39, 0.29) is 23.5 Å². The van der Waals surface area contributed by atoms with E-state index in [0.29, 0.717) is 6.04 Å². The average molecular weight is 193 g/mol. The standard InChI is InChI=1S/C9H20N2.ClH/c1-8(2)6-7(10)9(3,4)11(8)5;/h7H,6,10H2,1-5H3;1H. The van der Waals surface area contributed by atoms with Gasteiger partial charge in [-0.25, -0.2) is 0 Å². The van der Waals surface area contributed by atoms with Gasteiger partial charge in [-0.05, 0) is 41.2 Å². The van der Waals surface area contributed by atoms with Crippen LogP contribution < -0.4 is 5.73 Å². The fourth-order valence-corrected chi connectivity index (χ4v) is 1.95. The van der Waals surface area contributed by atoms with Crippen LogP contribution in [0.1, 0.15) is 34.1 Å². The maximum atomic E-state index is 6.04. The molecule has 0 bridgehead atoms. The van der Waals surface area contributed by atoms with Crippen LogP contribution in [0.4, 0.5) is 0 Å². The Hall–Kier alpha value is 0.210. The predicted molar refractivity (Wildman–Crippen MR) is 55.8 cm³/mol. The molecule has 3 heteroatoms. The van der Waals surface area contributed by atoms with E-state index in [1.54, 1.807) is 0 Å². The summed E-state index contributed by atoms with van der Waals surface area (Å²) >= 11 is 0. The largest absolute Gasteiger partial charge is 0.326 e. The van der Waals surface area contributed by atoms with Crippen molar-refractivity contribution in [3.8, 4) is 0 Å². The molecule has 2 N–H and O–H groups in total. The van der Waals surface area contributed by atoms with Gasteiger partial charge in [-0.3, -0.25) is 4.90 Å². The molecule has 1 fully saturated rings. The lowest BCUT2D eigenvalue weighted by atomic mass is 9.95. The summed E-state index contributed by atoms with van der Waals surface area (Å²) < 4.78 is 0. The first kappa shape index (κ1) is 12.2. The van der Waals surface area contributed by atoms with Crippen LogP contribution in [-0.4, -0.2) is 29.1 Å². The molecule has 12 heavy (non-hydrogen) atoms. The molecule has 1 unspecified atom stereocenters. The highest BCUT2D eigenvalue weighted by molar-refractivity contribution is 5.85. The van der Waals surface area contributed by atoms with Crippen LogP contribution in [0.25, 0.3) is 0 Å². The van der Waals surface area contributed by atoms with Gasteiger partial charge in [0.05, 0.1) is 0 Å². The van der Waals surface area contributed by atoms with Crippen LogP contribution in [0.2, 0.25) is 0 Å². The van der Waals surface area contributed by atoms with Gasteiger partial charge >= 0.3 is 0 Å². The summed E-state index contributed by atoms with van der Waals surface area (Å²) in [7, 11) is 2.16. The van der Waals surface area contributed by atoms with Crippen molar-refractivity contribution in [1.82, 2.24) is 4.90 Å². The zero-order chi connectivity index (χ0) is 8.86. The molecule has 1 atom stereocenters. The number of rotatable bonds is 0. The van der Waals surface area contributed by atoms with Gasteiger partial charge in [0.15, 0.2) is 0 Å². The molecule has 1 aliphatic rings. The predicted octanol–water partition coefficient (Wildman–Crippen LogP) is 1.63. The molecule has 1 saturated heterocycles. The maximum absolute atomic E-state index is 6.04. The van der Waals surface area contributed by atoms with Crippen molar-refractivity contribution in [3.63, 3.8) is 0 Å². The summed E-state index contributed by atoms with van der Waals surface area (Å²) in [6, 6.07) is 0.308. The van der Waals surface area contributed by atoms with Gasteiger partial charge in [0.2, 0.25) is 0 Å². The third-order valence-electron chi connectivity index (χ3n) is 3.40. The van der Waals surface area contributed by atoms with E-state index in [9.17, 15) is 0 Å². The lowest BCUT2D eigenvalue weighted by Crippen LogP contribution is -2.50. The highest BCUT2D eigenvalue weighted by atomic mass is 35.5. The molecule has 1 rings (SSSR count). The number of nitrogens with two attached hydrogens (primary N) is 1. The summed E-state index contributed by atoms with van der Waals surface area (Å²) in [6.45, 7) is 8.93. The minimum absolute atomic E-state index is 0. The number of likely N-dealkylation sites (tertiary alicyclic amines) is 1. The Morgan fingerprint density at radius 3 is 1.75 bits per heavy atom. The number of hydrogen-bond acceptors (Lipinski definition) is 2. The van der Waals surface area contributed by atoms with Crippen LogP contribution in [0.5, 0.6) is 0 Å². The van der Waals surface area contributed by atoms with Crippen molar-refractivity contribution < 1.29 is 0 Å². The molecule has 0 aromatic heterocycles. The molecule has 1 heterocycles. The second-order valence-corrected chi connectivity index (χ2v) is 4.84. The fourth-order valence-electron chi connectivity index (χ4n) is 1.95. The topological polar surface area (TPSA) is 29.3 Å². The first-order chi connectivity index (χ1) is 4.78. The van der Waals surface area contributed by atoms with E-state index in [2.05, 4.69) is 39.6 Å². The summed E-state index contributed by atoms with van der Waals surface area (Å²) in [5.41, 5.74) is 6.46. The zero-order valence-electron chi connectivity index (χ0n) is 8.72. The van der Waals surface area contributed by atoms with Crippen molar-refractivity contribution >= 4 is 12.4 Å². The highest BCUT2D eigenvalue weighted by Gasteiger charge is 2.47. The SMILES string of the molecule is CN1C(C)(C)CC(N)C1(C)C.Cl. The molecule has 0 spiro atoms. The fraction of sp³-hybridized carbons (Fsp3) is 1.00. The van der Waals surface area contributed by atoms with E-state index >= 15 is 0 Å². The van der Waals surface area contributed by atoms with Gasteiger partial charge in [0.1, 0.15) is 0 Å². The van der Waals surface area contributed by atoms with Crippen LogP contribution in [0.15, 0.2) is 0 Å². The number of halogens is 1. The Balaban J connectivity index is 0.00000121. The van der Waals surface area contributed by atoms with Gasteiger partial charge in [0.25, 0.3) is 0 Å². The van der Waals surface area contributed by atoms with E-state index < -0.39 is 0 Å². The lowest BCUT2D eigenvalue weighted by Gasteiger charge is -2.37. The van der Waals surface area contributed by atoms with E-state index in [4.69, 9.17) is 5.73 Å². The lowest BCUT2D eigenvalue weighted by molar-refractivity contribution is 0.110. The van der Waals surface area contributed by atoms with Gasteiger partial charge < -0.3 is 5.73 Å². The van der Waals surface area contributed by atoms with Gasteiger partial charge in [-0.15, -0.1) is 12.4 Å². The summed E-state index contributed by atoms with van der Waals surface area (Å²) in [5.74, 6) is 0.